The Morgan fingerprint density at radius 3 is 2.48 bits per heavy atom. The lowest BCUT2D eigenvalue weighted by Gasteiger charge is -2.26. The van der Waals surface area contributed by atoms with Crippen molar-refractivity contribution in [3.63, 3.8) is 0 Å². The summed E-state index contributed by atoms with van der Waals surface area (Å²) >= 11 is 0. The molecule has 1 amide bonds. The van der Waals surface area contributed by atoms with Crippen molar-refractivity contribution in [2.75, 3.05) is 38.2 Å². The molecule has 0 spiro atoms. The average molecular weight is 450 g/mol. The van der Waals surface area contributed by atoms with E-state index in [0.717, 1.165) is 0 Å². The van der Waals surface area contributed by atoms with Crippen molar-refractivity contribution in [1.82, 2.24) is 4.31 Å². The van der Waals surface area contributed by atoms with Gasteiger partial charge in [0.1, 0.15) is 5.82 Å². The number of anilines is 1. The fourth-order valence-corrected chi connectivity index (χ4v) is 4.70. The molecular formula is C21H23FN2O6S. The van der Waals surface area contributed by atoms with Crippen LogP contribution >= 0.6 is 0 Å². The third-order valence-corrected chi connectivity index (χ3v) is 6.73. The summed E-state index contributed by atoms with van der Waals surface area (Å²) in [6.07, 6.45) is -0.0972. The van der Waals surface area contributed by atoms with Gasteiger partial charge in [0.15, 0.2) is 6.61 Å². The quantitative estimate of drug-likeness (QED) is 0.647. The van der Waals surface area contributed by atoms with Gasteiger partial charge in [0.2, 0.25) is 10.0 Å². The monoisotopic (exact) mass is 450 g/mol. The summed E-state index contributed by atoms with van der Waals surface area (Å²) in [5.74, 6) is -1.66. The lowest BCUT2D eigenvalue weighted by Crippen LogP contribution is -2.40. The lowest BCUT2D eigenvalue weighted by molar-refractivity contribution is -0.146. The maximum absolute atomic E-state index is 12.9. The van der Waals surface area contributed by atoms with Crippen molar-refractivity contribution < 1.29 is 31.9 Å². The summed E-state index contributed by atoms with van der Waals surface area (Å²) in [5.41, 5.74) is 1.38. The zero-order valence-corrected chi connectivity index (χ0v) is 17.8. The molecule has 1 fully saturated rings. The van der Waals surface area contributed by atoms with E-state index in [4.69, 9.17) is 9.47 Å². The van der Waals surface area contributed by atoms with Gasteiger partial charge < -0.3 is 14.8 Å². The van der Waals surface area contributed by atoms with Gasteiger partial charge in [-0.3, -0.25) is 9.59 Å². The predicted octanol–water partition coefficient (Wildman–Crippen LogP) is 1.88. The Bertz CT molecular complexity index is 1050. The molecule has 1 N–H and O–H groups in total. The second kappa shape index (κ2) is 9.99. The molecule has 0 unspecified atom stereocenters. The maximum Gasteiger partial charge on any atom is 0.310 e. The van der Waals surface area contributed by atoms with Gasteiger partial charge in [-0.1, -0.05) is 18.2 Å². The first kappa shape index (κ1) is 22.9. The van der Waals surface area contributed by atoms with Crippen LogP contribution in [0.15, 0.2) is 47.4 Å². The SMILES string of the molecule is Cc1ccc(NC(=O)COC(=O)Cc2ccc(F)cc2)cc1S(=O)(=O)N1CCOCC1. The number of nitrogens with one attached hydrogen (secondary N) is 1. The maximum atomic E-state index is 12.9. The second-order valence-electron chi connectivity index (χ2n) is 7.01. The molecule has 0 bridgehead atoms. The molecule has 2 aromatic rings. The third-order valence-electron chi connectivity index (χ3n) is 4.69. The van der Waals surface area contributed by atoms with Crippen LogP contribution in [0, 0.1) is 12.7 Å². The van der Waals surface area contributed by atoms with Gasteiger partial charge in [-0.05, 0) is 42.3 Å². The van der Waals surface area contributed by atoms with E-state index in [1.807, 2.05) is 0 Å². The van der Waals surface area contributed by atoms with Crippen LogP contribution in [0.4, 0.5) is 10.1 Å². The highest BCUT2D eigenvalue weighted by Gasteiger charge is 2.28. The summed E-state index contributed by atoms with van der Waals surface area (Å²) < 4.78 is 50.2. The second-order valence-corrected chi connectivity index (χ2v) is 8.92. The van der Waals surface area contributed by atoms with E-state index in [1.54, 1.807) is 19.1 Å². The number of ether oxygens (including phenoxy) is 2. The van der Waals surface area contributed by atoms with E-state index < -0.39 is 34.3 Å². The number of aryl methyl sites for hydroxylation is 1. The molecule has 10 heteroatoms. The number of esters is 1. The van der Waals surface area contributed by atoms with Gasteiger partial charge >= 0.3 is 5.97 Å². The highest BCUT2D eigenvalue weighted by molar-refractivity contribution is 7.89. The van der Waals surface area contributed by atoms with E-state index in [-0.39, 0.29) is 30.1 Å². The highest BCUT2D eigenvalue weighted by Crippen LogP contribution is 2.24. The van der Waals surface area contributed by atoms with Gasteiger partial charge in [-0.2, -0.15) is 4.31 Å². The molecule has 0 saturated carbocycles. The Morgan fingerprint density at radius 1 is 1.13 bits per heavy atom. The first-order valence-corrected chi connectivity index (χ1v) is 11.1. The number of hydrogen-bond donors (Lipinski definition) is 1. The summed E-state index contributed by atoms with van der Waals surface area (Å²) in [4.78, 5) is 24.1. The molecule has 31 heavy (non-hydrogen) atoms. The number of nitrogens with zero attached hydrogens (tertiary/aromatic N) is 1. The molecule has 0 atom stereocenters. The zero-order chi connectivity index (χ0) is 22.4. The number of benzene rings is 2. The first-order valence-electron chi connectivity index (χ1n) is 9.64. The van der Waals surface area contributed by atoms with Crippen molar-refractivity contribution in [2.24, 2.45) is 0 Å². The normalized spacial score (nSPS) is 14.8. The third kappa shape index (κ3) is 6.09. The minimum Gasteiger partial charge on any atom is -0.455 e. The van der Waals surface area contributed by atoms with Crippen molar-refractivity contribution in [3.8, 4) is 0 Å². The smallest absolute Gasteiger partial charge is 0.310 e. The van der Waals surface area contributed by atoms with Crippen LogP contribution in [0.5, 0.6) is 0 Å². The number of halogens is 1. The van der Waals surface area contributed by atoms with E-state index in [0.29, 0.717) is 24.3 Å². The standard InChI is InChI=1S/C21H23FN2O6S/c1-15-2-7-18(13-19(15)31(27,28)24-8-10-29-11-9-24)23-20(25)14-30-21(26)12-16-3-5-17(22)6-4-16/h2-7,13H,8-12,14H2,1H3,(H,23,25). The van der Waals surface area contributed by atoms with Gasteiger partial charge in [0.05, 0.1) is 24.5 Å². The molecule has 166 valence electrons. The number of hydrogen-bond acceptors (Lipinski definition) is 6. The van der Waals surface area contributed by atoms with Crippen molar-refractivity contribution in [2.45, 2.75) is 18.2 Å². The molecule has 1 aliphatic heterocycles. The van der Waals surface area contributed by atoms with Crippen LogP contribution in [0.2, 0.25) is 0 Å². The van der Waals surface area contributed by atoms with Crippen molar-refractivity contribution in [1.29, 1.82) is 0 Å². The molecule has 8 nitrogen and oxygen atoms in total. The molecule has 2 aromatic carbocycles. The molecule has 1 saturated heterocycles. The Morgan fingerprint density at radius 2 is 1.81 bits per heavy atom. The molecule has 0 aromatic heterocycles. The number of amides is 1. The largest absolute Gasteiger partial charge is 0.455 e. The fourth-order valence-electron chi connectivity index (χ4n) is 3.04. The van der Waals surface area contributed by atoms with Crippen LogP contribution in [-0.2, 0) is 35.5 Å². The predicted molar refractivity (Wildman–Crippen MR) is 110 cm³/mol. The summed E-state index contributed by atoms with van der Waals surface area (Å²) in [5, 5.41) is 2.54. The Balaban J connectivity index is 1.59. The molecule has 3 rings (SSSR count). The molecule has 0 aliphatic carbocycles. The van der Waals surface area contributed by atoms with E-state index >= 15 is 0 Å². The summed E-state index contributed by atoms with van der Waals surface area (Å²) in [6, 6.07) is 9.94. The number of rotatable bonds is 7. The Labute approximate surface area is 180 Å². The van der Waals surface area contributed by atoms with Crippen molar-refractivity contribution >= 4 is 27.6 Å². The van der Waals surface area contributed by atoms with Gasteiger partial charge in [-0.25, -0.2) is 12.8 Å². The minimum absolute atomic E-state index is 0.0972. The minimum atomic E-state index is -3.72. The fraction of sp³-hybridized carbons (Fsp3) is 0.333. The summed E-state index contributed by atoms with van der Waals surface area (Å²) in [6.45, 7) is 2.34. The van der Waals surface area contributed by atoms with Crippen LogP contribution in [0.1, 0.15) is 11.1 Å². The Hall–Kier alpha value is -2.82. The van der Waals surface area contributed by atoms with Crippen LogP contribution in [0.3, 0.4) is 0 Å². The molecule has 0 radical (unpaired) electrons. The van der Waals surface area contributed by atoms with E-state index in [1.165, 1.54) is 34.6 Å². The average Bonchev–Trinajstić information content (AvgIpc) is 2.76. The first-order chi connectivity index (χ1) is 14.8. The van der Waals surface area contributed by atoms with Gasteiger partial charge in [-0.15, -0.1) is 0 Å². The number of carbonyl (C=O) groups excluding carboxylic acids is 2. The molecular weight excluding hydrogens is 427 g/mol. The number of morpholine rings is 1. The molecule has 1 aliphatic rings. The van der Waals surface area contributed by atoms with Crippen molar-refractivity contribution in [3.05, 3.63) is 59.4 Å². The number of carbonyl (C=O) groups is 2. The zero-order valence-electron chi connectivity index (χ0n) is 17.0. The number of sulfonamides is 1. The topological polar surface area (TPSA) is 102 Å². The molecule has 1 heterocycles. The van der Waals surface area contributed by atoms with Crippen LogP contribution in [0.25, 0.3) is 0 Å². The van der Waals surface area contributed by atoms with Gasteiger partial charge in [0.25, 0.3) is 5.91 Å². The van der Waals surface area contributed by atoms with E-state index in [2.05, 4.69) is 5.32 Å². The van der Waals surface area contributed by atoms with E-state index in [9.17, 15) is 22.4 Å². The van der Waals surface area contributed by atoms with Gasteiger partial charge in [0, 0.05) is 18.8 Å². The Kier molecular flexibility index (Phi) is 7.37. The van der Waals surface area contributed by atoms with Crippen LogP contribution < -0.4 is 5.32 Å². The lowest BCUT2D eigenvalue weighted by atomic mass is 10.1. The summed E-state index contributed by atoms with van der Waals surface area (Å²) in [7, 11) is -3.72. The van der Waals surface area contributed by atoms with Crippen LogP contribution in [-0.4, -0.2) is 57.5 Å². The highest BCUT2D eigenvalue weighted by atomic mass is 32.2.